The van der Waals surface area contributed by atoms with Crippen molar-refractivity contribution in [3.8, 4) is 5.75 Å². The Bertz CT molecular complexity index is 430. The highest BCUT2D eigenvalue weighted by molar-refractivity contribution is 7.99. The van der Waals surface area contributed by atoms with Gasteiger partial charge in [-0.3, -0.25) is 0 Å². The second-order valence-corrected chi connectivity index (χ2v) is 5.42. The van der Waals surface area contributed by atoms with Crippen molar-refractivity contribution in [3.63, 3.8) is 0 Å². The Balaban J connectivity index is 2.19. The van der Waals surface area contributed by atoms with Crippen molar-refractivity contribution in [2.75, 3.05) is 23.9 Å². The summed E-state index contributed by atoms with van der Waals surface area (Å²) in [6.07, 6.45) is 2.26. The molecule has 1 heterocycles. The molecule has 0 amide bonds. The van der Waals surface area contributed by atoms with Crippen LogP contribution in [0, 0.1) is 0 Å². The molecule has 1 atom stereocenters. The van der Waals surface area contributed by atoms with Crippen molar-refractivity contribution >= 4 is 23.4 Å². The lowest BCUT2D eigenvalue weighted by molar-refractivity contribution is 0.0698. The highest BCUT2D eigenvalue weighted by Crippen LogP contribution is 2.26. The summed E-state index contributed by atoms with van der Waals surface area (Å²) in [5.41, 5.74) is 0.945. The first-order valence-corrected chi connectivity index (χ1v) is 7.12. The van der Waals surface area contributed by atoms with Gasteiger partial charge in [-0.05, 0) is 30.7 Å². The number of ether oxygens (including phenoxy) is 1. The van der Waals surface area contributed by atoms with Gasteiger partial charge >= 0.3 is 5.97 Å². The molecule has 0 radical (unpaired) electrons. The quantitative estimate of drug-likeness (QED) is 0.878. The Morgan fingerprint density at radius 2 is 2.39 bits per heavy atom. The van der Waals surface area contributed by atoms with Gasteiger partial charge in [-0.2, -0.15) is 11.8 Å². The second-order valence-electron chi connectivity index (χ2n) is 4.28. The first-order valence-electron chi connectivity index (χ1n) is 5.96. The molecule has 0 saturated carbocycles. The van der Waals surface area contributed by atoms with Gasteiger partial charge < -0.3 is 15.2 Å². The van der Waals surface area contributed by atoms with Gasteiger partial charge in [0.05, 0.1) is 18.4 Å². The summed E-state index contributed by atoms with van der Waals surface area (Å²) in [5.74, 6) is 1.98. The molecule has 1 saturated heterocycles. The van der Waals surface area contributed by atoms with Crippen LogP contribution < -0.4 is 10.1 Å². The zero-order valence-electron chi connectivity index (χ0n) is 10.3. The van der Waals surface area contributed by atoms with Crippen LogP contribution in [0.3, 0.4) is 0 Å². The normalized spacial score (nSPS) is 19.3. The minimum atomic E-state index is -0.913. The van der Waals surface area contributed by atoms with Crippen LogP contribution in [-0.2, 0) is 0 Å². The number of aromatic carboxylic acids is 1. The molecule has 4 nitrogen and oxygen atoms in total. The number of nitrogens with one attached hydrogen (secondary N) is 1. The van der Waals surface area contributed by atoms with E-state index in [2.05, 4.69) is 5.32 Å². The van der Waals surface area contributed by atoms with Gasteiger partial charge in [0, 0.05) is 17.9 Å². The van der Waals surface area contributed by atoms with E-state index in [0.29, 0.717) is 23.0 Å². The molecule has 98 valence electrons. The Morgan fingerprint density at radius 3 is 3.00 bits per heavy atom. The monoisotopic (exact) mass is 267 g/mol. The van der Waals surface area contributed by atoms with Gasteiger partial charge in [0.2, 0.25) is 0 Å². The standard InChI is InChI=1S/C13H17NO3S/c1-17-10-4-5-11(13(15)16)12(7-10)14-9-3-2-6-18-8-9/h4-5,7,9,14H,2-3,6,8H2,1H3,(H,15,16). The summed E-state index contributed by atoms with van der Waals surface area (Å²) in [5, 5.41) is 12.5. The molecular weight excluding hydrogens is 250 g/mol. The lowest BCUT2D eigenvalue weighted by Crippen LogP contribution is -2.26. The Labute approximate surface area is 111 Å². The lowest BCUT2D eigenvalue weighted by atomic mass is 10.1. The Hall–Kier alpha value is -1.36. The molecule has 0 bridgehead atoms. The molecule has 1 aromatic rings. The van der Waals surface area contributed by atoms with E-state index in [0.717, 1.165) is 12.2 Å². The molecule has 0 aliphatic carbocycles. The molecule has 18 heavy (non-hydrogen) atoms. The largest absolute Gasteiger partial charge is 0.497 e. The van der Waals surface area contributed by atoms with Crippen molar-refractivity contribution in [3.05, 3.63) is 23.8 Å². The summed E-state index contributed by atoms with van der Waals surface area (Å²) in [6.45, 7) is 0. The number of hydrogen-bond donors (Lipinski definition) is 2. The van der Waals surface area contributed by atoms with Crippen LogP contribution in [0.4, 0.5) is 5.69 Å². The van der Waals surface area contributed by atoms with Crippen molar-refractivity contribution in [1.29, 1.82) is 0 Å². The number of thioether (sulfide) groups is 1. The zero-order chi connectivity index (χ0) is 13.0. The third-order valence-corrected chi connectivity index (χ3v) is 4.19. The number of carbonyl (C=O) groups is 1. The molecule has 2 N–H and O–H groups in total. The molecule has 2 rings (SSSR count). The second kappa shape index (κ2) is 6.00. The van der Waals surface area contributed by atoms with Crippen LogP contribution >= 0.6 is 11.8 Å². The molecule has 1 unspecified atom stereocenters. The Kier molecular flexibility index (Phi) is 4.36. The summed E-state index contributed by atoms with van der Waals surface area (Å²) >= 11 is 1.91. The topological polar surface area (TPSA) is 58.6 Å². The predicted molar refractivity (Wildman–Crippen MR) is 73.9 cm³/mol. The van der Waals surface area contributed by atoms with E-state index < -0.39 is 5.97 Å². The minimum Gasteiger partial charge on any atom is -0.497 e. The van der Waals surface area contributed by atoms with Crippen LogP contribution in [-0.4, -0.2) is 35.7 Å². The van der Waals surface area contributed by atoms with Gasteiger partial charge in [-0.1, -0.05) is 0 Å². The maximum Gasteiger partial charge on any atom is 0.337 e. The molecule has 0 spiro atoms. The van der Waals surface area contributed by atoms with E-state index in [1.54, 1.807) is 25.3 Å². The molecule has 1 aliphatic rings. The maximum absolute atomic E-state index is 11.2. The maximum atomic E-state index is 11.2. The first kappa shape index (κ1) is 13.1. The van der Waals surface area contributed by atoms with Crippen molar-refractivity contribution < 1.29 is 14.6 Å². The number of hydrogen-bond acceptors (Lipinski definition) is 4. The van der Waals surface area contributed by atoms with Gasteiger partial charge in [-0.15, -0.1) is 0 Å². The van der Waals surface area contributed by atoms with Crippen molar-refractivity contribution in [1.82, 2.24) is 0 Å². The van der Waals surface area contributed by atoms with Gasteiger partial charge in [-0.25, -0.2) is 4.79 Å². The molecule has 1 aliphatic heterocycles. The van der Waals surface area contributed by atoms with Crippen LogP contribution in [0.25, 0.3) is 0 Å². The van der Waals surface area contributed by atoms with E-state index >= 15 is 0 Å². The highest BCUT2D eigenvalue weighted by atomic mass is 32.2. The fraction of sp³-hybridized carbons (Fsp3) is 0.462. The lowest BCUT2D eigenvalue weighted by Gasteiger charge is -2.24. The van der Waals surface area contributed by atoms with Crippen LogP contribution in [0.5, 0.6) is 5.75 Å². The molecule has 0 aromatic heterocycles. The van der Waals surface area contributed by atoms with E-state index in [4.69, 9.17) is 4.74 Å². The van der Waals surface area contributed by atoms with Crippen LogP contribution in [0.15, 0.2) is 18.2 Å². The van der Waals surface area contributed by atoms with E-state index in [9.17, 15) is 9.90 Å². The number of methoxy groups -OCH3 is 1. The number of benzene rings is 1. The molecule has 1 aromatic carbocycles. The van der Waals surface area contributed by atoms with Gasteiger partial charge in [0.1, 0.15) is 5.75 Å². The predicted octanol–water partition coefficient (Wildman–Crippen LogP) is 2.70. The van der Waals surface area contributed by atoms with Crippen LogP contribution in [0.2, 0.25) is 0 Å². The number of anilines is 1. The third-order valence-electron chi connectivity index (χ3n) is 2.98. The van der Waals surface area contributed by atoms with E-state index in [1.165, 1.54) is 12.2 Å². The fourth-order valence-electron chi connectivity index (χ4n) is 2.03. The average Bonchev–Trinajstić information content (AvgIpc) is 2.39. The summed E-state index contributed by atoms with van der Waals surface area (Å²) < 4.78 is 5.14. The smallest absolute Gasteiger partial charge is 0.337 e. The SMILES string of the molecule is COc1ccc(C(=O)O)c(NC2CCCSC2)c1. The number of carboxylic acids is 1. The van der Waals surface area contributed by atoms with Gasteiger partial charge in [0.25, 0.3) is 0 Å². The van der Waals surface area contributed by atoms with E-state index in [1.807, 2.05) is 11.8 Å². The van der Waals surface area contributed by atoms with Gasteiger partial charge in [0.15, 0.2) is 0 Å². The summed E-state index contributed by atoms with van der Waals surface area (Å²) in [4.78, 5) is 11.2. The Morgan fingerprint density at radius 1 is 1.56 bits per heavy atom. The number of carboxylic acid groups (broad SMARTS) is 1. The minimum absolute atomic E-state index is 0.298. The fourth-order valence-corrected chi connectivity index (χ4v) is 3.10. The van der Waals surface area contributed by atoms with E-state index in [-0.39, 0.29) is 0 Å². The average molecular weight is 267 g/mol. The first-order chi connectivity index (χ1) is 8.70. The third kappa shape index (κ3) is 3.10. The zero-order valence-corrected chi connectivity index (χ0v) is 11.1. The summed E-state index contributed by atoms with van der Waals surface area (Å²) in [6, 6.07) is 5.35. The molecule has 5 heteroatoms. The summed E-state index contributed by atoms with van der Waals surface area (Å²) in [7, 11) is 1.58. The van der Waals surface area contributed by atoms with Crippen LogP contribution in [0.1, 0.15) is 23.2 Å². The molecule has 1 fully saturated rings. The highest BCUT2D eigenvalue weighted by Gasteiger charge is 2.17. The number of rotatable bonds is 4. The molecular formula is C13H17NO3S. The van der Waals surface area contributed by atoms with Crippen molar-refractivity contribution in [2.45, 2.75) is 18.9 Å². The van der Waals surface area contributed by atoms with Crippen molar-refractivity contribution in [2.24, 2.45) is 0 Å².